The molecule has 1 aromatic rings. The van der Waals surface area contributed by atoms with Crippen LogP contribution in [0.1, 0.15) is 24.0 Å². The average Bonchev–Trinajstić information content (AvgIpc) is 2.36. The van der Waals surface area contributed by atoms with Gasteiger partial charge in [0.05, 0.1) is 0 Å². The van der Waals surface area contributed by atoms with E-state index in [0.29, 0.717) is 17.1 Å². The van der Waals surface area contributed by atoms with Gasteiger partial charge in [0.1, 0.15) is 6.61 Å². The summed E-state index contributed by atoms with van der Waals surface area (Å²) >= 11 is 0. The van der Waals surface area contributed by atoms with Gasteiger partial charge in [-0.2, -0.15) is 0 Å². The molecule has 20 heavy (non-hydrogen) atoms. The normalized spacial score (nSPS) is 18.4. The van der Waals surface area contributed by atoms with Crippen molar-refractivity contribution in [3.05, 3.63) is 29.3 Å². The van der Waals surface area contributed by atoms with Crippen LogP contribution < -0.4 is 5.73 Å². The lowest BCUT2D eigenvalue weighted by Crippen LogP contribution is -2.37. The first kappa shape index (κ1) is 14.4. The number of nitrogen functional groups attached to an aromatic ring is 1. The molecule has 1 aliphatic carbocycles. The molecule has 0 aromatic heterocycles. The van der Waals surface area contributed by atoms with Crippen molar-refractivity contribution in [3.8, 4) is 0 Å². The maximum absolute atomic E-state index is 12.7. The van der Waals surface area contributed by atoms with Crippen molar-refractivity contribution in [1.29, 1.82) is 0 Å². The number of hydrogen-bond acceptors (Lipinski definition) is 3. The Hall–Kier alpha value is -1.98. The number of alkyl halides is 2. The van der Waals surface area contributed by atoms with Crippen LogP contribution in [-0.4, -0.2) is 25.1 Å². The number of oxime groups is 1. The number of hydrogen-bond donors (Lipinski definition) is 1. The Balaban J connectivity index is 1.95. The summed E-state index contributed by atoms with van der Waals surface area (Å²) in [6.07, 6.45) is -0.284. The zero-order chi connectivity index (χ0) is 14.8. The van der Waals surface area contributed by atoms with E-state index in [4.69, 9.17) is 10.6 Å². The Morgan fingerprint density at radius 3 is 2.75 bits per heavy atom. The van der Waals surface area contributed by atoms with Crippen LogP contribution in [0.25, 0.3) is 0 Å². The van der Waals surface area contributed by atoms with E-state index in [1.54, 1.807) is 12.1 Å². The molecule has 0 heterocycles. The van der Waals surface area contributed by atoms with Crippen LogP contribution in [0, 0.1) is 12.8 Å². The molecule has 2 rings (SSSR count). The van der Waals surface area contributed by atoms with Crippen molar-refractivity contribution >= 4 is 18.2 Å². The number of benzene rings is 1. The van der Waals surface area contributed by atoms with Crippen LogP contribution in [0.3, 0.4) is 0 Å². The minimum atomic E-state index is -2.54. The summed E-state index contributed by atoms with van der Waals surface area (Å²) in [5, 5.41) is 3.84. The van der Waals surface area contributed by atoms with Crippen LogP contribution >= 0.6 is 0 Å². The van der Waals surface area contributed by atoms with Crippen LogP contribution in [0.4, 0.5) is 14.5 Å². The molecule has 0 spiro atoms. The molecule has 4 nitrogen and oxygen atoms in total. The third kappa shape index (κ3) is 3.31. The third-order valence-corrected chi connectivity index (χ3v) is 3.32. The summed E-state index contributed by atoms with van der Waals surface area (Å²) < 4.78 is 25.3. The number of amidine groups is 1. The van der Waals surface area contributed by atoms with E-state index in [2.05, 4.69) is 16.9 Å². The number of nitrogens with zero attached hydrogens (tertiary/aromatic N) is 2. The van der Waals surface area contributed by atoms with Gasteiger partial charge in [-0.05, 0) is 25.3 Å². The standard InChI is InChI=1S/C14H17F2N3O/c1-9-3-4-11(5-12(9)17)13(18-2)19-20-8-10-6-14(15,16)7-10/h3-5,10H,2,6-8,17H2,1H3/b19-13-. The molecule has 1 aromatic carbocycles. The predicted molar refractivity (Wildman–Crippen MR) is 75.3 cm³/mol. The van der Waals surface area contributed by atoms with Crippen molar-refractivity contribution in [1.82, 2.24) is 0 Å². The number of nitrogens with two attached hydrogens (primary N) is 1. The molecule has 108 valence electrons. The Morgan fingerprint density at radius 1 is 1.50 bits per heavy atom. The second-order valence-corrected chi connectivity index (χ2v) is 5.07. The molecule has 0 amide bonds. The molecule has 0 radical (unpaired) electrons. The highest BCUT2D eigenvalue weighted by Gasteiger charge is 2.45. The van der Waals surface area contributed by atoms with Gasteiger partial charge in [-0.15, -0.1) is 0 Å². The average molecular weight is 281 g/mol. The van der Waals surface area contributed by atoms with Crippen LogP contribution in [-0.2, 0) is 4.84 Å². The summed E-state index contributed by atoms with van der Waals surface area (Å²) in [4.78, 5) is 8.86. The smallest absolute Gasteiger partial charge is 0.248 e. The number of aliphatic imine (C=N–C) groups is 1. The van der Waals surface area contributed by atoms with Gasteiger partial charge in [-0.25, -0.2) is 13.8 Å². The highest BCUT2D eigenvalue weighted by Crippen LogP contribution is 2.42. The van der Waals surface area contributed by atoms with Gasteiger partial charge in [0.2, 0.25) is 5.92 Å². The molecular formula is C14H17F2N3O. The van der Waals surface area contributed by atoms with E-state index in [1.807, 2.05) is 13.0 Å². The fraction of sp³-hybridized carbons (Fsp3) is 0.429. The first-order chi connectivity index (χ1) is 9.41. The largest absolute Gasteiger partial charge is 0.398 e. The second-order valence-electron chi connectivity index (χ2n) is 5.07. The van der Waals surface area contributed by atoms with E-state index in [1.165, 1.54) is 0 Å². The van der Waals surface area contributed by atoms with E-state index >= 15 is 0 Å². The monoisotopic (exact) mass is 281 g/mol. The van der Waals surface area contributed by atoms with Crippen molar-refractivity contribution in [2.75, 3.05) is 12.3 Å². The lowest BCUT2D eigenvalue weighted by atomic mass is 9.82. The number of rotatable bonds is 4. The van der Waals surface area contributed by atoms with Crippen molar-refractivity contribution < 1.29 is 13.6 Å². The quantitative estimate of drug-likeness (QED) is 0.399. The molecule has 0 saturated heterocycles. The van der Waals surface area contributed by atoms with Gasteiger partial charge in [0, 0.05) is 30.0 Å². The van der Waals surface area contributed by atoms with E-state index in [0.717, 1.165) is 5.56 Å². The Morgan fingerprint density at radius 2 is 2.20 bits per heavy atom. The summed E-state index contributed by atoms with van der Waals surface area (Å²) in [6.45, 7) is 5.48. The van der Waals surface area contributed by atoms with Crippen LogP contribution in [0.15, 0.2) is 28.3 Å². The molecule has 1 fully saturated rings. The fourth-order valence-electron chi connectivity index (χ4n) is 2.06. The number of halogens is 2. The lowest BCUT2D eigenvalue weighted by molar-refractivity contribution is -0.128. The molecule has 1 saturated carbocycles. The topological polar surface area (TPSA) is 60.0 Å². The van der Waals surface area contributed by atoms with E-state index in [9.17, 15) is 8.78 Å². The SMILES string of the molecule is C=N/C(=N\OCC1CC(F)(F)C1)c1ccc(C)c(N)c1. The van der Waals surface area contributed by atoms with Crippen LogP contribution in [0.2, 0.25) is 0 Å². The highest BCUT2D eigenvalue weighted by molar-refractivity contribution is 6.01. The number of aryl methyl sites for hydroxylation is 1. The van der Waals surface area contributed by atoms with Gasteiger partial charge in [0.25, 0.3) is 0 Å². The summed E-state index contributed by atoms with van der Waals surface area (Å²) in [5.41, 5.74) is 8.07. The molecule has 0 bridgehead atoms. The highest BCUT2D eigenvalue weighted by atomic mass is 19.3. The maximum atomic E-state index is 12.7. The fourth-order valence-corrected chi connectivity index (χ4v) is 2.06. The Bertz CT molecular complexity index is 535. The van der Waals surface area contributed by atoms with Gasteiger partial charge in [-0.3, -0.25) is 0 Å². The third-order valence-electron chi connectivity index (χ3n) is 3.32. The molecule has 6 heteroatoms. The summed E-state index contributed by atoms with van der Waals surface area (Å²) in [7, 11) is 0. The van der Waals surface area contributed by atoms with Gasteiger partial charge in [0.15, 0.2) is 5.84 Å². The van der Waals surface area contributed by atoms with Gasteiger partial charge < -0.3 is 10.6 Å². The summed E-state index contributed by atoms with van der Waals surface area (Å²) in [6, 6.07) is 5.38. The van der Waals surface area contributed by atoms with Crippen LogP contribution in [0.5, 0.6) is 0 Å². The number of anilines is 1. The van der Waals surface area contributed by atoms with Gasteiger partial charge in [-0.1, -0.05) is 17.3 Å². The first-order valence-electron chi connectivity index (χ1n) is 6.32. The molecule has 1 aliphatic rings. The molecule has 2 N–H and O–H groups in total. The predicted octanol–water partition coefficient (Wildman–Crippen LogP) is 3.00. The minimum Gasteiger partial charge on any atom is -0.398 e. The molecular weight excluding hydrogens is 264 g/mol. The Labute approximate surface area is 116 Å². The van der Waals surface area contributed by atoms with Crippen molar-refractivity contribution in [3.63, 3.8) is 0 Å². The van der Waals surface area contributed by atoms with Gasteiger partial charge >= 0.3 is 0 Å². The zero-order valence-electron chi connectivity index (χ0n) is 11.3. The molecule has 0 atom stereocenters. The summed E-state index contributed by atoms with van der Waals surface area (Å²) in [5.74, 6) is -2.39. The molecule has 0 aliphatic heterocycles. The van der Waals surface area contributed by atoms with E-state index < -0.39 is 5.92 Å². The first-order valence-corrected chi connectivity index (χ1v) is 6.32. The minimum absolute atomic E-state index is 0.142. The second kappa shape index (κ2) is 5.56. The van der Waals surface area contributed by atoms with Crippen molar-refractivity contribution in [2.45, 2.75) is 25.7 Å². The van der Waals surface area contributed by atoms with Crippen molar-refractivity contribution in [2.24, 2.45) is 16.1 Å². The Kier molecular flexibility index (Phi) is 4.01. The zero-order valence-corrected chi connectivity index (χ0v) is 11.3. The lowest BCUT2D eigenvalue weighted by Gasteiger charge is -2.33. The maximum Gasteiger partial charge on any atom is 0.248 e. The van der Waals surface area contributed by atoms with E-state index in [-0.39, 0.29) is 25.4 Å². The molecule has 0 unspecified atom stereocenters.